The fraction of sp³-hybridized carbons (Fsp3) is 0.409. The molecule has 28 heavy (non-hydrogen) atoms. The molecule has 6 heteroatoms. The van der Waals surface area contributed by atoms with Crippen molar-refractivity contribution in [3.63, 3.8) is 0 Å². The highest BCUT2D eigenvalue weighted by atomic mass is 16.5. The summed E-state index contributed by atoms with van der Waals surface area (Å²) in [5, 5.41) is 6.59. The lowest BCUT2D eigenvalue weighted by molar-refractivity contribution is 0.213. The largest absolute Gasteiger partial charge is 0.493 e. The van der Waals surface area contributed by atoms with Gasteiger partial charge in [-0.3, -0.25) is 4.99 Å². The third-order valence-corrected chi connectivity index (χ3v) is 3.93. The standard InChI is InChI=1S/C22H31N3O3/c1-16(2)27-19-12-10-18(11-13-19)15-25-22(23-4)24-14-17(3)28-21-9-7-6-8-20(21)26-5/h6-13,16-17H,14-15H2,1-5H3,(H2,23,24,25). The molecule has 0 aliphatic heterocycles. The van der Waals surface area contributed by atoms with Gasteiger partial charge in [-0.25, -0.2) is 0 Å². The molecule has 0 amide bonds. The number of para-hydroxylation sites is 2. The topological polar surface area (TPSA) is 64.1 Å². The average Bonchev–Trinajstić information content (AvgIpc) is 2.69. The molecule has 1 atom stereocenters. The van der Waals surface area contributed by atoms with Gasteiger partial charge in [-0.1, -0.05) is 24.3 Å². The van der Waals surface area contributed by atoms with Gasteiger partial charge < -0.3 is 24.8 Å². The normalized spacial score (nSPS) is 12.4. The number of benzene rings is 2. The van der Waals surface area contributed by atoms with Gasteiger partial charge in [0, 0.05) is 13.6 Å². The Hall–Kier alpha value is -2.89. The molecule has 2 rings (SSSR count). The monoisotopic (exact) mass is 385 g/mol. The van der Waals surface area contributed by atoms with E-state index in [1.54, 1.807) is 14.2 Å². The fourth-order valence-electron chi connectivity index (χ4n) is 2.58. The van der Waals surface area contributed by atoms with Crippen LogP contribution in [0.1, 0.15) is 26.3 Å². The van der Waals surface area contributed by atoms with Gasteiger partial charge in [0.2, 0.25) is 0 Å². The molecule has 6 nitrogen and oxygen atoms in total. The van der Waals surface area contributed by atoms with E-state index in [0.29, 0.717) is 13.1 Å². The molecule has 2 N–H and O–H groups in total. The second kappa shape index (κ2) is 11.1. The first-order valence-corrected chi connectivity index (χ1v) is 9.51. The molecule has 2 aromatic carbocycles. The zero-order valence-electron chi connectivity index (χ0n) is 17.4. The molecule has 0 saturated carbocycles. The van der Waals surface area contributed by atoms with Crippen LogP contribution in [0, 0.1) is 0 Å². The number of guanidine groups is 1. The Balaban J connectivity index is 1.79. The Morgan fingerprint density at radius 3 is 2.21 bits per heavy atom. The lowest BCUT2D eigenvalue weighted by Crippen LogP contribution is -2.41. The molecular formula is C22H31N3O3. The summed E-state index contributed by atoms with van der Waals surface area (Å²) in [4.78, 5) is 4.26. The van der Waals surface area contributed by atoms with E-state index in [-0.39, 0.29) is 12.2 Å². The molecule has 0 radical (unpaired) electrons. The summed E-state index contributed by atoms with van der Waals surface area (Å²) in [6.45, 7) is 7.32. The number of nitrogens with zero attached hydrogens (tertiary/aromatic N) is 1. The van der Waals surface area contributed by atoms with E-state index in [4.69, 9.17) is 14.2 Å². The van der Waals surface area contributed by atoms with Gasteiger partial charge in [0.05, 0.1) is 19.8 Å². The van der Waals surface area contributed by atoms with E-state index in [1.165, 1.54) is 0 Å². The van der Waals surface area contributed by atoms with Crippen molar-refractivity contribution < 1.29 is 14.2 Å². The minimum absolute atomic E-state index is 0.0534. The van der Waals surface area contributed by atoms with Crippen LogP contribution in [0.5, 0.6) is 17.2 Å². The second-order valence-electron chi connectivity index (χ2n) is 6.70. The summed E-state index contributed by atoms with van der Waals surface area (Å²) in [5.41, 5.74) is 1.15. The van der Waals surface area contributed by atoms with Crippen LogP contribution in [-0.4, -0.2) is 38.9 Å². The number of methoxy groups -OCH3 is 1. The van der Waals surface area contributed by atoms with Crippen molar-refractivity contribution >= 4 is 5.96 Å². The number of rotatable bonds is 9. The molecule has 0 bridgehead atoms. The van der Waals surface area contributed by atoms with Crippen LogP contribution in [0.2, 0.25) is 0 Å². The van der Waals surface area contributed by atoms with E-state index in [9.17, 15) is 0 Å². The smallest absolute Gasteiger partial charge is 0.191 e. The Morgan fingerprint density at radius 1 is 0.929 bits per heavy atom. The first kappa shape index (κ1) is 21.4. The molecular weight excluding hydrogens is 354 g/mol. The lowest BCUT2D eigenvalue weighted by Gasteiger charge is -2.19. The maximum atomic E-state index is 5.95. The number of hydrogen-bond acceptors (Lipinski definition) is 4. The van der Waals surface area contributed by atoms with Crippen LogP contribution in [-0.2, 0) is 6.54 Å². The van der Waals surface area contributed by atoms with Crippen LogP contribution < -0.4 is 24.8 Å². The van der Waals surface area contributed by atoms with E-state index >= 15 is 0 Å². The number of hydrogen-bond donors (Lipinski definition) is 2. The summed E-state index contributed by atoms with van der Waals surface area (Å²) in [5.74, 6) is 3.05. The zero-order valence-corrected chi connectivity index (χ0v) is 17.4. The van der Waals surface area contributed by atoms with Crippen molar-refractivity contribution in [1.29, 1.82) is 0 Å². The van der Waals surface area contributed by atoms with Crippen LogP contribution in [0.25, 0.3) is 0 Å². The van der Waals surface area contributed by atoms with Gasteiger partial charge in [-0.2, -0.15) is 0 Å². The van der Waals surface area contributed by atoms with Gasteiger partial charge in [-0.15, -0.1) is 0 Å². The Bertz CT molecular complexity index is 745. The van der Waals surface area contributed by atoms with E-state index < -0.39 is 0 Å². The quantitative estimate of drug-likeness (QED) is 0.510. The van der Waals surface area contributed by atoms with E-state index in [0.717, 1.165) is 28.8 Å². The third-order valence-electron chi connectivity index (χ3n) is 3.93. The highest BCUT2D eigenvalue weighted by Gasteiger charge is 2.09. The zero-order chi connectivity index (χ0) is 20.4. The molecule has 0 saturated heterocycles. The first-order chi connectivity index (χ1) is 13.5. The minimum atomic E-state index is -0.0534. The van der Waals surface area contributed by atoms with Crippen molar-refractivity contribution in [2.75, 3.05) is 20.7 Å². The maximum absolute atomic E-state index is 5.95. The van der Waals surface area contributed by atoms with Crippen molar-refractivity contribution in [2.45, 2.75) is 39.5 Å². The highest BCUT2D eigenvalue weighted by Crippen LogP contribution is 2.26. The second-order valence-corrected chi connectivity index (χ2v) is 6.70. The molecule has 2 aromatic rings. The first-order valence-electron chi connectivity index (χ1n) is 9.51. The molecule has 0 aliphatic rings. The lowest BCUT2D eigenvalue weighted by atomic mass is 10.2. The summed E-state index contributed by atoms with van der Waals surface area (Å²) >= 11 is 0. The summed E-state index contributed by atoms with van der Waals surface area (Å²) < 4.78 is 16.9. The average molecular weight is 386 g/mol. The van der Waals surface area contributed by atoms with Crippen molar-refractivity contribution in [2.24, 2.45) is 4.99 Å². The molecule has 1 unspecified atom stereocenters. The fourth-order valence-corrected chi connectivity index (χ4v) is 2.58. The highest BCUT2D eigenvalue weighted by molar-refractivity contribution is 5.79. The Morgan fingerprint density at radius 2 is 1.61 bits per heavy atom. The Labute approximate surface area is 167 Å². The van der Waals surface area contributed by atoms with Gasteiger partial charge in [0.15, 0.2) is 17.5 Å². The van der Waals surface area contributed by atoms with Crippen molar-refractivity contribution in [1.82, 2.24) is 10.6 Å². The molecule has 0 aromatic heterocycles. The molecule has 0 heterocycles. The van der Waals surface area contributed by atoms with Crippen molar-refractivity contribution in [3.05, 3.63) is 54.1 Å². The van der Waals surface area contributed by atoms with Gasteiger partial charge >= 0.3 is 0 Å². The third kappa shape index (κ3) is 7.02. The molecule has 0 fully saturated rings. The van der Waals surface area contributed by atoms with Gasteiger partial charge in [0.25, 0.3) is 0 Å². The van der Waals surface area contributed by atoms with E-state index in [1.807, 2.05) is 69.3 Å². The minimum Gasteiger partial charge on any atom is -0.493 e. The SMILES string of the molecule is CN=C(NCc1ccc(OC(C)C)cc1)NCC(C)Oc1ccccc1OC. The number of ether oxygens (including phenoxy) is 3. The van der Waals surface area contributed by atoms with Crippen LogP contribution in [0.4, 0.5) is 0 Å². The summed E-state index contributed by atoms with van der Waals surface area (Å²) in [6, 6.07) is 15.7. The summed E-state index contributed by atoms with van der Waals surface area (Å²) in [6.07, 6.45) is 0.120. The molecule has 152 valence electrons. The predicted octanol–water partition coefficient (Wildman–Crippen LogP) is 3.61. The summed E-state index contributed by atoms with van der Waals surface area (Å²) in [7, 11) is 3.39. The Kier molecular flexibility index (Phi) is 8.46. The molecule has 0 spiro atoms. The van der Waals surface area contributed by atoms with Crippen LogP contribution in [0.15, 0.2) is 53.5 Å². The van der Waals surface area contributed by atoms with Crippen LogP contribution >= 0.6 is 0 Å². The predicted molar refractivity (Wildman–Crippen MR) is 113 cm³/mol. The molecule has 0 aliphatic carbocycles. The van der Waals surface area contributed by atoms with Gasteiger partial charge in [-0.05, 0) is 50.6 Å². The van der Waals surface area contributed by atoms with Crippen molar-refractivity contribution in [3.8, 4) is 17.2 Å². The maximum Gasteiger partial charge on any atom is 0.191 e. The number of aliphatic imine (C=N–C) groups is 1. The number of nitrogens with one attached hydrogen (secondary N) is 2. The van der Waals surface area contributed by atoms with Crippen LogP contribution in [0.3, 0.4) is 0 Å². The van der Waals surface area contributed by atoms with E-state index in [2.05, 4.69) is 15.6 Å². The van der Waals surface area contributed by atoms with Gasteiger partial charge in [0.1, 0.15) is 11.9 Å².